The fourth-order valence-corrected chi connectivity index (χ4v) is 4.31. The van der Waals surface area contributed by atoms with Crippen LogP contribution in [0.1, 0.15) is 23.5 Å². The highest BCUT2D eigenvalue weighted by molar-refractivity contribution is 5.80. The first kappa shape index (κ1) is 22.8. The van der Waals surface area contributed by atoms with Crippen molar-refractivity contribution in [2.45, 2.75) is 24.5 Å². The van der Waals surface area contributed by atoms with Crippen LogP contribution in [0.3, 0.4) is 0 Å². The number of hydrogen-bond acceptors (Lipinski definition) is 6. The Labute approximate surface area is 190 Å². The van der Waals surface area contributed by atoms with E-state index in [0.29, 0.717) is 6.42 Å². The normalized spacial score (nSPS) is 19.9. The van der Waals surface area contributed by atoms with Gasteiger partial charge in [-0.05, 0) is 28.7 Å². The minimum Gasteiger partial charge on any atom is -0.479 e. The van der Waals surface area contributed by atoms with Crippen LogP contribution in [0.15, 0.2) is 48.5 Å². The van der Waals surface area contributed by atoms with Crippen LogP contribution in [-0.4, -0.2) is 66.7 Å². The Morgan fingerprint density at radius 1 is 1.03 bits per heavy atom. The molecular formula is C24H26N2O7. The quantitative estimate of drug-likeness (QED) is 0.475. The second-order valence-corrected chi connectivity index (χ2v) is 8.19. The molecule has 33 heavy (non-hydrogen) atoms. The molecule has 9 heteroatoms. The molecule has 1 fully saturated rings. The van der Waals surface area contributed by atoms with E-state index in [4.69, 9.17) is 14.6 Å². The van der Waals surface area contributed by atoms with E-state index in [-0.39, 0.29) is 44.2 Å². The third-order valence-corrected chi connectivity index (χ3v) is 6.02. The summed E-state index contributed by atoms with van der Waals surface area (Å²) in [7, 11) is 0. The van der Waals surface area contributed by atoms with Crippen LogP contribution in [0.4, 0.5) is 4.79 Å². The van der Waals surface area contributed by atoms with E-state index in [1.807, 2.05) is 36.4 Å². The number of hydrogen-bond donors (Lipinski definition) is 4. The molecule has 174 valence electrons. The van der Waals surface area contributed by atoms with Gasteiger partial charge < -0.3 is 30.3 Å². The summed E-state index contributed by atoms with van der Waals surface area (Å²) >= 11 is 0. The molecule has 0 saturated carbocycles. The maximum atomic E-state index is 12.3. The molecular weight excluding hydrogens is 428 g/mol. The van der Waals surface area contributed by atoms with Crippen LogP contribution < -0.4 is 10.6 Å². The van der Waals surface area contributed by atoms with E-state index in [2.05, 4.69) is 22.8 Å². The number of fused-ring (bicyclic) bond motifs is 3. The molecule has 3 atom stereocenters. The number of carbonyl (C=O) groups is 3. The van der Waals surface area contributed by atoms with Crippen LogP contribution in [-0.2, 0) is 19.1 Å². The van der Waals surface area contributed by atoms with Crippen molar-refractivity contribution in [1.82, 2.24) is 10.6 Å². The molecule has 1 heterocycles. The van der Waals surface area contributed by atoms with Gasteiger partial charge in [0.2, 0.25) is 5.91 Å². The zero-order chi connectivity index (χ0) is 23.4. The van der Waals surface area contributed by atoms with Gasteiger partial charge in [-0.3, -0.25) is 4.79 Å². The summed E-state index contributed by atoms with van der Waals surface area (Å²) < 4.78 is 11.0. The summed E-state index contributed by atoms with van der Waals surface area (Å²) in [6.45, 7) is 0.194. The topological polar surface area (TPSA) is 134 Å². The number of alkyl carbamates (subject to hydrolysis) is 1. The van der Waals surface area contributed by atoms with Crippen molar-refractivity contribution < 1.29 is 34.1 Å². The number of aliphatic carboxylic acids is 1. The molecule has 0 aromatic heterocycles. The predicted octanol–water partition coefficient (Wildman–Crippen LogP) is 1.49. The van der Waals surface area contributed by atoms with Crippen molar-refractivity contribution in [2.24, 2.45) is 5.92 Å². The summed E-state index contributed by atoms with van der Waals surface area (Å²) in [5.41, 5.74) is 4.57. The molecule has 0 radical (unpaired) electrons. The van der Waals surface area contributed by atoms with E-state index in [9.17, 15) is 19.5 Å². The molecule has 1 aliphatic heterocycles. The molecule has 4 N–H and O–H groups in total. The summed E-state index contributed by atoms with van der Waals surface area (Å²) in [5, 5.41) is 23.0. The van der Waals surface area contributed by atoms with Gasteiger partial charge in [0.05, 0.1) is 25.2 Å². The number of benzene rings is 2. The van der Waals surface area contributed by atoms with Gasteiger partial charge in [0.15, 0.2) is 6.10 Å². The lowest BCUT2D eigenvalue weighted by molar-refractivity contribution is -0.146. The zero-order valence-corrected chi connectivity index (χ0v) is 17.9. The zero-order valence-electron chi connectivity index (χ0n) is 17.9. The van der Waals surface area contributed by atoms with Gasteiger partial charge in [0.25, 0.3) is 0 Å². The van der Waals surface area contributed by atoms with Gasteiger partial charge in [-0.25, -0.2) is 9.59 Å². The van der Waals surface area contributed by atoms with Crippen molar-refractivity contribution in [3.8, 4) is 11.1 Å². The lowest BCUT2D eigenvalue weighted by Crippen LogP contribution is -2.39. The van der Waals surface area contributed by atoms with E-state index in [1.54, 1.807) is 0 Å². The van der Waals surface area contributed by atoms with Gasteiger partial charge in [-0.15, -0.1) is 0 Å². The molecule has 2 aromatic rings. The van der Waals surface area contributed by atoms with Crippen molar-refractivity contribution >= 4 is 18.0 Å². The summed E-state index contributed by atoms with van der Waals surface area (Å²) in [6.07, 6.45) is -2.19. The molecule has 2 amide bonds. The molecule has 1 aliphatic carbocycles. The van der Waals surface area contributed by atoms with Crippen LogP contribution in [0.25, 0.3) is 11.1 Å². The number of nitrogens with one attached hydrogen (secondary N) is 2. The standard InChI is InChI=1S/C24H26N2O7/c27-21(23(29)30)11-25-22(28)14-9-15(32-12-14)10-26-24(31)33-13-20-18-7-3-1-5-16(18)17-6-2-4-8-19(17)20/h1-8,14-15,20-21,27H,9-13H2,(H,25,28)(H,26,31)(H,29,30)/t14?,15?,21-/m0/s1. The molecule has 4 rings (SSSR count). The largest absolute Gasteiger partial charge is 0.479 e. The van der Waals surface area contributed by atoms with Crippen molar-refractivity contribution in [2.75, 3.05) is 26.3 Å². The van der Waals surface area contributed by atoms with E-state index >= 15 is 0 Å². The number of aliphatic hydroxyl groups is 1. The van der Waals surface area contributed by atoms with Gasteiger partial charge in [-0.1, -0.05) is 48.5 Å². The minimum absolute atomic E-state index is 0.0277. The van der Waals surface area contributed by atoms with Crippen LogP contribution in [0, 0.1) is 5.92 Å². The Hall–Kier alpha value is -3.43. The second-order valence-electron chi connectivity index (χ2n) is 8.19. The van der Waals surface area contributed by atoms with Crippen LogP contribution >= 0.6 is 0 Å². The first-order valence-corrected chi connectivity index (χ1v) is 10.8. The fraction of sp³-hybridized carbons (Fsp3) is 0.375. The van der Waals surface area contributed by atoms with Crippen molar-refractivity contribution in [1.29, 1.82) is 0 Å². The Morgan fingerprint density at radius 3 is 2.30 bits per heavy atom. The number of carboxylic acid groups (broad SMARTS) is 1. The SMILES string of the molecule is O=C(NCC1CC(C(=O)NC[C@H](O)C(=O)O)CO1)OCC1c2ccccc2-c2ccccc21. The van der Waals surface area contributed by atoms with Crippen LogP contribution in [0.5, 0.6) is 0 Å². The molecule has 0 spiro atoms. The van der Waals surface area contributed by atoms with Crippen LogP contribution in [0.2, 0.25) is 0 Å². The van der Waals surface area contributed by atoms with Gasteiger partial charge in [0.1, 0.15) is 6.61 Å². The molecule has 1 saturated heterocycles. The van der Waals surface area contributed by atoms with Crippen molar-refractivity contribution in [3.63, 3.8) is 0 Å². The lowest BCUT2D eigenvalue weighted by Gasteiger charge is -2.16. The monoisotopic (exact) mass is 454 g/mol. The van der Waals surface area contributed by atoms with E-state index in [0.717, 1.165) is 22.3 Å². The Bertz CT molecular complexity index is 995. The van der Waals surface area contributed by atoms with E-state index < -0.39 is 24.1 Å². The smallest absolute Gasteiger partial charge is 0.407 e. The Kier molecular flexibility index (Phi) is 6.90. The van der Waals surface area contributed by atoms with Gasteiger partial charge in [-0.2, -0.15) is 0 Å². The number of rotatable bonds is 8. The Balaban J connectivity index is 1.22. The molecule has 2 aromatic carbocycles. The minimum atomic E-state index is -1.65. The highest BCUT2D eigenvalue weighted by Gasteiger charge is 2.32. The predicted molar refractivity (Wildman–Crippen MR) is 118 cm³/mol. The van der Waals surface area contributed by atoms with Gasteiger partial charge in [0, 0.05) is 12.5 Å². The Morgan fingerprint density at radius 2 is 1.67 bits per heavy atom. The lowest BCUT2D eigenvalue weighted by atomic mass is 9.98. The number of carboxylic acids is 1. The average molecular weight is 454 g/mol. The third-order valence-electron chi connectivity index (χ3n) is 6.02. The summed E-state index contributed by atoms with van der Waals surface area (Å²) in [4.78, 5) is 35.0. The third kappa shape index (κ3) is 5.15. The number of aliphatic hydroxyl groups excluding tert-OH is 1. The molecule has 2 aliphatic rings. The molecule has 0 bridgehead atoms. The van der Waals surface area contributed by atoms with E-state index in [1.165, 1.54) is 0 Å². The first-order valence-electron chi connectivity index (χ1n) is 10.8. The van der Waals surface area contributed by atoms with Crippen molar-refractivity contribution in [3.05, 3.63) is 59.7 Å². The number of carbonyl (C=O) groups excluding carboxylic acids is 2. The highest BCUT2D eigenvalue weighted by atomic mass is 16.5. The maximum absolute atomic E-state index is 12.3. The fourth-order valence-electron chi connectivity index (χ4n) is 4.31. The number of amides is 2. The highest BCUT2D eigenvalue weighted by Crippen LogP contribution is 2.44. The number of ether oxygens (including phenoxy) is 2. The maximum Gasteiger partial charge on any atom is 0.407 e. The summed E-state index contributed by atoms with van der Waals surface area (Å²) in [6, 6.07) is 16.2. The second kappa shape index (κ2) is 10.0. The summed E-state index contributed by atoms with van der Waals surface area (Å²) in [5.74, 6) is -2.29. The molecule has 2 unspecified atom stereocenters. The van der Waals surface area contributed by atoms with Gasteiger partial charge >= 0.3 is 12.1 Å². The molecule has 9 nitrogen and oxygen atoms in total. The average Bonchev–Trinajstić information content (AvgIpc) is 3.42. The first-order chi connectivity index (χ1) is 15.9.